The van der Waals surface area contributed by atoms with Crippen LogP contribution in [0.1, 0.15) is 6.42 Å². The van der Waals surface area contributed by atoms with Gasteiger partial charge in [0, 0.05) is 10.7 Å². The standard InChI is InChI=1S/C11H10ClNO3/c12-6-2-1-3-7(4-6)13-10(14)8-5-9(8)11(15)16/h1-4,8-9H,5H2,(H,13,14)(H,15,16). The normalized spacial score (nSPS) is 22.6. The number of carboxylic acid groups (broad SMARTS) is 1. The predicted molar refractivity (Wildman–Crippen MR) is 59.3 cm³/mol. The Hall–Kier alpha value is -1.55. The minimum Gasteiger partial charge on any atom is -0.481 e. The van der Waals surface area contributed by atoms with E-state index in [0.29, 0.717) is 17.1 Å². The van der Waals surface area contributed by atoms with E-state index < -0.39 is 17.8 Å². The first-order valence-electron chi connectivity index (χ1n) is 4.87. The lowest BCUT2D eigenvalue weighted by Crippen LogP contribution is -2.16. The summed E-state index contributed by atoms with van der Waals surface area (Å²) >= 11 is 5.76. The molecule has 16 heavy (non-hydrogen) atoms. The fourth-order valence-corrected chi connectivity index (χ4v) is 1.75. The number of benzene rings is 1. The monoisotopic (exact) mass is 239 g/mol. The predicted octanol–water partition coefficient (Wildman–Crippen LogP) is 2.00. The fraction of sp³-hybridized carbons (Fsp3) is 0.273. The molecule has 84 valence electrons. The van der Waals surface area contributed by atoms with Crippen LogP contribution in [0, 0.1) is 11.8 Å². The first kappa shape index (κ1) is 11.0. The van der Waals surface area contributed by atoms with Gasteiger partial charge in [-0.15, -0.1) is 0 Å². The Kier molecular flexibility index (Phi) is 2.83. The molecule has 2 N–H and O–H groups in total. The van der Waals surface area contributed by atoms with Gasteiger partial charge in [-0.25, -0.2) is 0 Å². The molecule has 0 radical (unpaired) electrons. The molecule has 0 saturated heterocycles. The molecule has 2 rings (SSSR count). The van der Waals surface area contributed by atoms with Gasteiger partial charge in [-0.3, -0.25) is 9.59 Å². The van der Waals surface area contributed by atoms with Crippen LogP contribution >= 0.6 is 11.6 Å². The summed E-state index contributed by atoms with van der Waals surface area (Å²) < 4.78 is 0. The molecular weight excluding hydrogens is 230 g/mol. The van der Waals surface area contributed by atoms with E-state index >= 15 is 0 Å². The largest absolute Gasteiger partial charge is 0.481 e. The van der Waals surface area contributed by atoms with Crippen molar-refractivity contribution >= 4 is 29.2 Å². The molecule has 2 atom stereocenters. The average molecular weight is 240 g/mol. The summed E-state index contributed by atoms with van der Waals surface area (Å²) in [5, 5.41) is 11.9. The summed E-state index contributed by atoms with van der Waals surface area (Å²) in [4.78, 5) is 22.2. The van der Waals surface area contributed by atoms with E-state index in [1.54, 1.807) is 24.3 Å². The molecule has 1 aromatic rings. The van der Waals surface area contributed by atoms with E-state index in [9.17, 15) is 9.59 Å². The number of carboxylic acids is 1. The van der Waals surface area contributed by atoms with Gasteiger partial charge in [0.25, 0.3) is 0 Å². The van der Waals surface area contributed by atoms with E-state index in [0.717, 1.165) is 0 Å². The molecule has 0 heterocycles. The lowest BCUT2D eigenvalue weighted by Gasteiger charge is -2.04. The summed E-state index contributed by atoms with van der Waals surface area (Å²) in [6.07, 6.45) is 0.418. The molecular formula is C11H10ClNO3. The smallest absolute Gasteiger partial charge is 0.307 e. The van der Waals surface area contributed by atoms with Crippen molar-refractivity contribution in [2.45, 2.75) is 6.42 Å². The third-order valence-corrected chi connectivity index (χ3v) is 2.77. The van der Waals surface area contributed by atoms with E-state index in [1.165, 1.54) is 0 Å². The van der Waals surface area contributed by atoms with Crippen molar-refractivity contribution in [1.82, 2.24) is 0 Å². The number of carbonyl (C=O) groups is 2. The Morgan fingerprint density at radius 3 is 2.69 bits per heavy atom. The molecule has 1 aliphatic rings. The highest BCUT2D eigenvalue weighted by molar-refractivity contribution is 6.30. The molecule has 2 unspecified atom stereocenters. The van der Waals surface area contributed by atoms with Gasteiger partial charge in [-0.2, -0.15) is 0 Å². The van der Waals surface area contributed by atoms with Crippen molar-refractivity contribution < 1.29 is 14.7 Å². The van der Waals surface area contributed by atoms with Gasteiger partial charge in [0.1, 0.15) is 0 Å². The maximum Gasteiger partial charge on any atom is 0.307 e. The number of hydrogen-bond donors (Lipinski definition) is 2. The van der Waals surface area contributed by atoms with Crippen molar-refractivity contribution in [1.29, 1.82) is 0 Å². The van der Waals surface area contributed by atoms with Crippen molar-refractivity contribution in [3.05, 3.63) is 29.3 Å². The Balaban J connectivity index is 1.96. The summed E-state index contributed by atoms with van der Waals surface area (Å²) in [6, 6.07) is 6.76. The van der Waals surface area contributed by atoms with Crippen molar-refractivity contribution in [2.24, 2.45) is 11.8 Å². The average Bonchev–Trinajstić information content (AvgIpc) is 2.96. The van der Waals surface area contributed by atoms with E-state index in [2.05, 4.69) is 5.32 Å². The highest BCUT2D eigenvalue weighted by atomic mass is 35.5. The number of aliphatic carboxylic acids is 1. The summed E-state index contributed by atoms with van der Waals surface area (Å²) in [7, 11) is 0. The van der Waals surface area contributed by atoms with Gasteiger partial charge in [-0.05, 0) is 24.6 Å². The molecule has 0 bridgehead atoms. The van der Waals surface area contributed by atoms with Gasteiger partial charge in [0.05, 0.1) is 11.8 Å². The Morgan fingerprint density at radius 1 is 1.38 bits per heavy atom. The van der Waals surface area contributed by atoms with Crippen LogP contribution in [-0.4, -0.2) is 17.0 Å². The number of halogens is 1. The number of nitrogens with one attached hydrogen (secondary N) is 1. The molecule has 0 spiro atoms. The third kappa shape index (κ3) is 2.33. The van der Waals surface area contributed by atoms with Gasteiger partial charge >= 0.3 is 5.97 Å². The Morgan fingerprint density at radius 2 is 2.12 bits per heavy atom. The minimum atomic E-state index is -0.911. The van der Waals surface area contributed by atoms with Gasteiger partial charge in [0.15, 0.2) is 0 Å². The Bertz CT molecular complexity index is 447. The summed E-state index contributed by atoms with van der Waals surface area (Å²) in [5.74, 6) is -2.10. The van der Waals surface area contributed by atoms with Crippen molar-refractivity contribution in [3.8, 4) is 0 Å². The molecule has 1 aromatic carbocycles. The number of anilines is 1. The van der Waals surface area contributed by atoms with Gasteiger partial charge in [-0.1, -0.05) is 17.7 Å². The molecule has 1 amide bonds. The lowest BCUT2D eigenvalue weighted by molar-refractivity contribution is -0.139. The van der Waals surface area contributed by atoms with Crippen molar-refractivity contribution in [3.63, 3.8) is 0 Å². The topological polar surface area (TPSA) is 66.4 Å². The first-order valence-corrected chi connectivity index (χ1v) is 5.25. The van der Waals surface area contributed by atoms with Gasteiger partial charge < -0.3 is 10.4 Å². The molecule has 4 nitrogen and oxygen atoms in total. The van der Waals surface area contributed by atoms with Crippen LogP contribution in [0.15, 0.2) is 24.3 Å². The van der Waals surface area contributed by atoms with E-state index in [-0.39, 0.29) is 5.91 Å². The van der Waals surface area contributed by atoms with E-state index in [1.807, 2.05) is 0 Å². The first-order chi connectivity index (χ1) is 7.58. The van der Waals surface area contributed by atoms with Crippen LogP contribution in [0.3, 0.4) is 0 Å². The fourth-order valence-electron chi connectivity index (χ4n) is 1.56. The molecule has 1 saturated carbocycles. The highest BCUT2D eigenvalue weighted by Gasteiger charge is 2.48. The Labute approximate surface area is 97.2 Å². The molecule has 5 heteroatoms. The molecule has 0 aromatic heterocycles. The number of hydrogen-bond acceptors (Lipinski definition) is 2. The zero-order valence-corrected chi connectivity index (χ0v) is 9.07. The van der Waals surface area contributed by atoms with Crippen LogP contribution in [0.2, 0.25) is 5.02 Å². The third-order valence-electron chi connectivity index (χ3n) is 2.54. The summed E-state index contributed by atoms with van der Waals surface area (Å²) in [5.41, 5.74) is 0.591. The second kappa shape index (κ2) is 4.14. The van der Waals surface area contributed by atoms with Crippen LogP contribution in [0.5, 0.6) is 0 Å². The van der Waals surface area contributed by atoms with Crippen LogP contribution < -0.4 is 5.32 Å². The highest BCUT2D eigenvalue weighted by Crippen LogP contribution is 2.39. The van der Waals surface area contributed by atoms with Gasteiger partial charge in [0.2, 0.25) is 5.91 Å². The maximum atomic E-state index is 11.6. The lowest BCUT2D eigenvalue weighted by atomic mass is 10.2. The molecule has 1 fully saturated rings. The maximum absolute atomic E-state index is 11.6. The zero-order valence-electron chi connectivity index (χ0n) is 8.31. The molecule has 1 aliphatic carbocycles. The van der Waals surface area contributed by atoms with Crippen LogP contribution in [0.25, 0.3) is 0 Å². The SMILES string of the molecule is O=C(O)C1CC1C(=O)Nc1cccc(Cl)c1. The van der Waals surface area contributed by atoms with Crippen LogP contribution in [0.4, 0.5) is 5.69 Å². The number of rotatable bonds is 3. The van der Waals surface area contributed by atoms with Crippen LogP contribution in [-0.2, 0) is 9.59 Å². The molecule has 0 aliphatic heterocycles. The number of amides is 1. The summed E-state index contributed by atoms with van der Waals surface area (Å²) in [6.45, 7) is 0. The number of carbonyl (C=O) groups excluding carboxylic acids is 1. The quantitative estimate of drug-likeness (QED) is 0.848. The zero-order chi connectivity index (χ0) is 11.7. The minimum absolute atomic E-state index is 0.255. The van der Waals surface area contributed by atoms with Crippen molar-refractivity contribution in [2.75, 3.05) is 5.32 Å². The van der Waals surface area contributed by atoms with E-state index in [4.69, 9.17) is 16.7 Å². The second-order valence-electron chi connectivity index (χ2n) is 3.79. The second-order valence-corrected chi connectivity index (χ2v) is 4.22.